The monoisotopic (exact) mass is 538 g/mol. The zero-order valence-corrected chi connectivity index (χ0v) is 23.0. The Morgan fingerprint density at radius 2 is 2.03 bits per heavy atom. The van der Waals surface area contributed by atoms with E-state index >= 15 is 0 Å². The van der Waals surface area contributed by atoms with Crippen LogP contribution in [0.25, 0.3) is 0 Å². The zero-order chi connectivity index (χ0) is 25.4. The first kappa shape index (κ1) is 28.3. The van der Waals surface area contributed by atoms with Gasteiger partial charge in [-0.05, 0) is 39.4 Å². The number of ether oxygens (including phenoxy) is 1. The highest BCUT2D eigenvalue weighted by molar-refractivity contribution is 8.01. The van der Waals surface area contributed by atoms with Gasteiger partial charge >= 0.3 is 5.97 Å². The maximum Gasteiger partial charge on any atom is 0.338 e. The average molecular weight is 539 g/mol. The molecule has 2 unspecified atom stereocenters. The van der Waals surface area contributed by atoms with Crippen LogP contribution in [0.5, 0.6) is 0 Å². The standard InChI is InChI=1S/C25H34N4O5S.ClH/c1-6-28(7-2)12-13-33-23(32)25(24(4,5)35-20-14-19(31)29(20)25)18-11-9-8-10-17(18)22-21(26-15-30)16(3)34-27-22;/h8-11,15-16,20-21H,6-7,12-14H2,1-5H3,(H,26,30);1H/t16?,20-,21?,25-;/m1./s1. The third-order valence-corrected chi connectivity index (χ3v) is 8.86. The predicted molar refractivity (Wildman–Crippen MR) is 141 cm³/mol. The molecule has 3 aliphatic rings. The minimum atomic E-state index is -1.35. The molecule has 3 aliphatic heterocycles. The van der Waals surface area contributed by atoms with E-state index in [0.29, 0.717) is 36.2 Å². The number of hydrogen-bond acceptors (Lipinski definition) is 8. The van der Waals surface area contributed by atoms with E-state index < -0.39 is 22.3 Å². The van der Waals surface area contributed by atoms with Crippen molar-refractivity contribution in [2.75, 3.05) is 26.2 Å². The molecule has 4 rings (SSSR count). The second kappa shape index (κ2) is 11.0. The molecule has 0 saturated carbocycles. The molecule has 4 atom stereocenters. The number of nitrogens with zero attached hydrogens (tertiary/aromatic N) is 3. The summed E-state index contributed by atoms with van der Waals surface area (Å²) in [5, 5.41) is 6.95. The number of oxime groups is 1. The smallest absolute Gasteiger partial charge is 0.338 e. The highest BCUT2D eigenvalue weighted by Gasteiger charge is 2.71. The molecule has 2 fully saturated rings. The van der Waals surface area contributed by atoms with Gasteiger partial charge in [-0.15, -0.1) is 24.2 Å². The van der Waals surface area contributed by atoms with E-state index in [1.807, 2.05) is 45.0 Å². The van der Waals surface area contributed by atoms with Gasteiger partial charge in [-0.25, -0.2) is 4.79 Å². The molecular formula is C25H35ClN4O5S. The van der Waals surface area contributed by atoms with Crippen molar-refractivity contribution in [2.45, 2.75) is 68.8 Å². The van der Waals surface area contributed by atoms with Gasteiger partial charge in [0.15, 0.2) is 11.6 Å². The molecule has 36 heavy (non-hydrogen) atoms. The number of benzene rings is 1. The van der Waals surface area contributed by atoms with Crippen molar-refractivity contribution in [1.29, 1.82) is 0 Å². The Morgan fingerprint density at radius 1 is 1.33 bits per heavy atom. The Labute approximate surface area is 222 Å². The summed E-state index contributed by atoms with van der Waals surface area (Å²) in [5.41, 5.74) is 0.464. The number of carbonyl (C=O) groups excluding carboxylic acids is 3. The summed E-state index contributed by atoms with van der Waals surface area (Å²) in [5.74, 6) is -0.526. The molecule has 1 N–H and O–H groups in total. The zero-order valence-electron chi connectivity index (χ0n) is 21.4. The minimum Gasteiger partial charge on any atom is -0.462 e. The number of esters is 1. The molecule has 2 saturated heterocycles. The predicted octanol–water partition coefficient (Wildman–Crippen LogP) is 2.51. The summed E-state index contributed by atoms with van der Waals surface area (Å²) in [4.78, 5) is 47.8. The molecule has 9 nitrogen and oxygen atoms in total. The van der Waals surface area contributed by atoms with Crippen LogP contribution in [0, 0.1) is 0 Å². The molecule has 0 aliphatic carbocycles. The van der Waals surface area contributed by atoms with E-state index in [-0.39, 0.29) is 36.4 Å². The summed E-state index contributed by atoms with van der Waals surface area (Å²) in [6.45, 7) is 12.5. The number of β-lactam (4-membered cyclic amide) rings is 1. The molecule has 0 radical (unpaired) electrons. The summed E-state index contributed by atoms with van der Waals surface area (Å²) < 4.78 is 5.26. The van der Waals surface area contributed by atoms with Crippen molar-refractivity contribution in [1.82, 2.24) is 15.1 Å². The third-order valence-electron chi connectivity index (χ3n) is 7.32. The van der Waals surface area contributed by atoms with Gasteiger partial charge in [0.25, 0.3) is 0 Å². The largest absolute Gasteiger partial charge is 0.462 e. The maximum atomic E-state index is 14.1. The van der Waals surface area contributed by atoms with Crippen LogP contribution in [0.15, 0.2) is 29.4 Å². The van der Waals surface area contributed by atoms with Crippen molar-refractivity contribution in [3.63, 3.8) is 0 Å². The molecule has 0 aromatic heterocycles. The van der Waals surface area contributed by atoms with Crippen LogP contribution in [-0.4, -0.2) is 82.3 Å². The first-order chi connectivity index (χ1) is 16.7. The van der Waals surface area contributed by atoms with Gasteiger partial charge < -0.3 is 24.7 Å². The fraction of sp³-hybridized carbons (Fsp3) is 0.600. The van der Waals surface area contributed by atoms with Crippen molar-refractivity contribution in [2.24, 2.45) is 5.16 Å². The third kappa shape index (κ3) is 4.37. The molecule has 2 amide bonds. The number of thioether (sulfide) groups is 1. The van der Waals surface area contributed by atoms with Gasteiger partial charge in [0, 0.05) is 12.1 Å². The Bertz CT molecular complexity index is 1030. The van der Waals surface area contributed by atoms with Gasteiger partial charge in [-0.1, -0.05) is 43.3 Å². The fourth-order valence-corrected chi connectivity index (χ4v) is 7.18. The molecule has 11 heteroatoms. The van der Waals surface area contributed by atoms with Crippen molar-refractivity contribution < 1.29 is 24.0 Å². The van der Waals surface area contributed by atoms with Gasteiger partial charge in [0.05, 0.1) is 16.5 Å². The van der Waals surface area contributed by atoms with Gasteiger partial charge in [-0.2, -0.15) is 0 Å². The number of halogens is 1. The highest BCUT2D eigenvalue weighted by atomic mass is 35.5. The average Bonchev–Trinajstić information content (AvgIpc) is 3.28. The van der Waals surface area contributed by atoms with Crippen molar-refractivity contribution in [3.05, 3.63) is 35.4 Å². The SMILES string of the molecule is CCN(CC)CCOC(=O)[C@@]1(c2ccccc2C2=NOC(C)C2NC=O)N2C(=O)C[C@H]2SC1(C)C.Cl. The Kier molecular flexibility index (Phi) is 8.63. The van der Waals surface area contributed by atoms with E-state index in [0.717, 1.165) is 13.1 Å². The molecule has 0 spiro atoms. The Hall–Kier alpha value is -2.30. The molecular weight excluding hydrogens is 504 g/mol. The Morgan fingerprint density at radius 3 is 2.67 bits per heavy atom. The number of rotatable bonds is 10. The Balaban J connectivity index is 0.00000361. The maximum absolute atomic E-state index is 14.1. The number of hydrogen-bond donors (Lipinski definition) is 1. The summed E-state index contributed by atoms with van der Waals surface area (Å²) in [7, 11) is 0. The van der Waals surface area contributed by atoms with Gasteiger partial charge in [0.1, 0.15) is 18.4 Å². The van der Waals surface area contributed by atoms with Crippen LogP contribution < -0.4 is 5.32 Å². The van der Waals surface area contributed by atoms with Crippen LogP contribution in [0.3, 0.4) is 0 Å². The second-order valence-corrected chi connectivity index (χ2v) is 11.3. The quantitative estimate of drug-likeness (QED) is 0.277. The van der Waals surface area contributed by atoms with Crippen LogP contribution in [0.1, 0.15) is 52.2 Å². The van der Waals surface area contributed by atoms with E-state index in [2.05, 4.69) is 29.2 Å². The van der Waals surface area contributed by atoms with Gasteiger partial charge in [0.2, 0.25) is 12.3 Å². The molecule has 1 aromatic carbocycles. The number of amides is 2. The number of fused-ring (bicyclic) bond motifs is 1. The van der Waals surface area contributed by atoms with Crippen LogP contribution in [0.4, 0.5) is 0 Å². The fourth-order valence-electron chi connectivity index (χ4n) is 5.43. The summed E-state index contributed by atoms with van der Waals surface area (Å²) >= 11 is 1.61. The number of carbonyl (C=O) groups is 3. The van der Waals surface area contributed by atoms with Crippen molar-refractivity contribution in [3.8, 4) is 0 Å². The van der Waals surface area contributed by atoms with Crippen LogP contribution in [-0.2, 0) is 29.5 Å². The number of nitrogens with one attached hydrogen (secondary N) is 1. The normalized spacial score (nSPS) is 27.9. The molecule has 1 aromatic rings. The lowest BCUT2D eigenvalue weighted by Gasteiger charge is -2.48. The number of likely N-dealkylation sites (N-methyl/N-ethyl adjacent to an activating group) is 1. The summed E-state index contributed by atoms with van der Waals surface area (Å²) in [6, 6.07) is 6.94. The lowest BCUT2D eigenvalue weighted by Crippen LogP contribution is -2.65. The molecule has 198 valence electrons. The lowest BCUT2D eigenvalue weighted by molar-refractivity contribution is -0.174. The first-order valence-corrected chi connectivity index (χ1v) is 13.0. The highest BCUT2D eigenvalue weighted by Crippen LogP contribution is 2.62. The summed E-state index contributed by atoms with van der Waals surface area (Å²) in [6.07, 6.45) is 0.640. The topological polar surface area (TPSA) is 101 Å². The van der Waals surface area contributed by atoms with Crippen molar-refractivity contribution >= 4 is 48.2 Å². The van der Waals surface area contributed by atoms with Crippen LogP contribution in [0.2, 0.25) is 0 Å². The molecule has 3 heterocycles. The van der Waals surface area contributed by atoms with E-state index in [4.69, 9.17) is 9.57 Å². The lowest BCUT2D eigenvalue weighted by atomic mass is 9.73. The van der Waals surface area contributed by atoms with E-state index in [1.165, 1.54) is 0 Å². The van der Waals surface area contributed by atoms with E-state index in [9.17, 15) is 14.4 Å². The second-order valence-electron chi connectivity index (χ2n) is 9.52. The van der Waals surface area contributed by atoms with E-state index in [1.54, 1.807) is 16.7 Å². The minimum absolute atomic E-state index is 0. The first-order valence-electron chi connectivity index (χ1n) is 12.2. The van der Waals surface area contributed by atoms with Crippen LogP contribution >= 0.6 is 24.2 Å². The molecule has 0 bridgehead atoms. The van der Waals surface area contributed by atoms with Gasteiger partial charge in [-0.3, -0.25) is 9.59 Å².